The fourth-order valence-electron chi connectivity index (χ4n) is 2.64. The van der Waals surface area contributed by atoms with Crippen LogP contribution in [0.5, 0.6) is 0 Å². The summed E-state index contributed by atoms with van der Waals surface area (Å²) in [5.74, 6) is -1.59. The molecule has 0 radical (unpaired) electrons. The quantitative estimate of drug-likeness (QED) is 0.892. The van der Waals surface area contributed by atoms with Gasteiger partial charge in [0.15, 0.2) is 0 Å². The Morgan fingerprint density at radius 3 is 2.76 bits per heavy atom. The van der Waals surface area contributed by atoms with Crippen molar-refractivity contribution in [2.24, 2.45) is 0 Å². The zero-order chi connectivity index (χ0) is 14.8. The van der Waals surface area contributed by atoms with E-state index in [0.29, 0.717) is 37.4 Å². The molecule has 6 heteroatoms. The minimum atomic E-state index is -0.869. The fourth-order valence-corrected chi connectivity index (χ4v) is 2.64. The molecule has 1 atom stereocenters. The van der Waals surface area contributed by atoms with Crippen molar-refractivity contribution in [3.05, 3.63) is 41.9 Å². The zero-order valence-corrected chi connectivity index (χ0v) is 11.3. The maximum Gasteiger partial charge on any atom is 0.311 e. The smallest absolute Gasteiger partial charge is 0.311 e. The van der Waals surface area contributed by atoms with Crippen LogP contribution in [0.3, 0.4) is 0 Å². The minimum Gasteiger partial charge on any atom is -0.494 e. The topological polar surface area (TPSA) is 76.1 Å². The van der Waals surface area contributed by atoms with E-state index in [0.717, 1.165) is 0 Å². The van der Waals surface area contributed by atoms with Crippen LogP contribution in [0.4, 0.5) is 5.69 Å². The van der Waals surface area contributed by atoms with Gasteiger partial charge in [-0.2, -0.15) is 0 Å². The van der Waals surface area contributed by atoms with Crippen LogP contribution < -0.4 is 4.90 Å². The Hall–Kier alpha value is -2.50. The van der Waals surface area contributed by atoms with Crippen LogP contribution in [-0.4, -0.2) is 36.7 Å². The predicted molar refractivity (Wildman–Crippen MR) is 73.8 cm³/mol. The molecular formula is C15H15NO5. The molecule has 6 nitrogen and oxygen atoms in total. The number of para-hydroxylation sites is 1. The highest BCUT2D eigenvalue weighted by atomic mass is 16.6. The second-order valence-corrected chi connectivity index (χ2v) is 4.90. The van der Waals surface area contributed by atoms with Crippen molar-refractivity contribution in [2.45, 2.75) is 12.3 Å². The molecule has 1 aromatic carbocycles. The fraction of sp³-hybridized carbons (Fsp3) is 0.333. The Morgan fingerprint density at radius 1 is 1.24 bits per heavy atom. The number of hydrogen-bond donors (Lipinski definition) is 1. The van der Waals surface area contributed by atoms with Gasteiger partial charge >= 0.3 is 5.97 Å². The van der Waals surface area contributed by atoms with Gasteiger partial charge in [-0.15, -0.1) is 0 Å². The third-order valence-corrected chi connectivity index (χ3v) is 3.65. The maximum atomic E-state index is 12.5. The molecule has 0 saturated heterocycles. The first-order chi connectivity index (χ1) is 10.2. The van der Waals surface area contributed by atoms with Crippen molar-refractivity contribution >= 4 is 17.6 Å². The van der Waals surface area contributed by atoms with E-state index in [2.05, 4.69) is 0 Å². The molecule has 1 unspecified atom stereocenters. The lowest BCUT2D eigenvalue weighted by atomic mass is 9.90. The van der Waals surface area contributed by atoms with Crippen molar-refractivity contribution in [1.29, 1.82) is 0 Å². The zero-order valence-electron chi connectivity index (χ0n) is 11.3. The molecule has 0 saturated carbocycles. The van der Waals surface area contributed by atoms with Crippen molar-refractivity contribution in [3.8, 4) is 0 Å². The average molecular weight is 289 g/mol. The first-order valence-electron chi connectivity index (χ1n) is 6.76. The van der Waals surface area contributed by atoms with E-state index in [1.165, 1.54) is 6.26 Å². The van der Waals surface area contributed by atoms with Crippen molar-refractivity contribution in [3.63, 3.8) is 0 Å². The third kappa shape index (κ3) is 2.44. The standard InChI is InChI=1S/C15H15NO5/c17-14(13-9-20-7-8-21-13)16-6-5-11(15(18)19)10-3-1-2-4-12(10)16/h1-4,9,11H,5-8H2,(H,18,19). The number of anilines is 1. The normalized spacial score (nSPS) is 20.7. The van der Waals surface area contributed by atoms with E-state index < -0.39 is 11.9 Å². The Labute approximate surface area is 121 Å². The number of rotatable bonds is 2. The van der Waals surface area contributed by atoms with Crippen LogP contribution in [-0.2, 0) is 19.1 Å². The molecule has 0 bridgehead atoms. The van der Waals surface area contributed by atoms with Gasteiger partial charge in [-0.05, 0) is 18.1 Å². The lowest BCUT2D eigenvalue weighted by Gasteiger charge is -2.33. The van der Waals surface area contributed by atoms with E-state index in [1.54, 1.807) is 29.2 Å². The highest BCUT2D eigenvalue weighted by Crippen LogP contribution is 2.36. The summed E-state index contributed by atoms with van der Waals surface area (Å²) >= 11 is 0. The van der Waals surface area contributed by atoms with Gasteiger partial charge in [0.05, 0.1) is 5.92 Å². The third-order valence-electron chi connectivity index (χ3n) is 3.65. The number of nitrogens with zero attached hydrogens (tertiary/aromatic N) is 1. The molecule has 1 N–H and O–H groups in total. The van der Waals surface area contributed by atoms with Gasteiger partial charge in [-0.3, -0.25) is 9.59 Å². The second kappa shape index (κ2) is 5.47. The van der Waals surface area contributed by atoms with Crippen LogP contribution in [0.2, 0.25) is 0 Å². The van der Waals surface area contributed by atoms with Gasteiger partial charge in [0.1, 0.15) is 19.5 Å². The largest absolute Gasteiger partial charge is 0.494 e. The number of amides is 1. The SMILES string of the molecule is O=C(O)C1CCN(C(=O)C2=COCCO2)c2ccccc21. The Balaban J connectivity index is 1.94. The number of carbonyl (C=O) groups is 2. The monoisotopic (exact) mass is 289 g/mol. The second-order valence-electron chi connectivity index (χ2n) is 4.90. The first-order valence-corrected chi connectivity index (χ1v) is 6.76. The molecule has 0 aromatic heterocycles. The minimum absolute atomic E-state index is 0.157. The summed E-state index contributed by atoms with van der Waals surface area (Å²) in [5.41, 5.74) is 1.28. The number of fused-ring (bicyclic) bond motifs is 1. The number of carboxylic acids is 1. The molecule has 3 rings (SSSR count). The van der Waals surface area contributed by atoms with Gasteiger partial charge in [0, 0.05) is 12.2 Å². The summed E-state index contributed by atoms with van der Waals surface area (Å²) in [7, 11) is 0. The molecule has 21 heavy (non-hydrogen) atoms. The number of carbonyl (C=O) groups excluding carboxylic acids is 1. The van der Waals surface area contributed by atoms with Crippen LogP contribution in [0, 0.1) is 0 Å². The molecule has 2 heterocycles. The lowest BCUT2D eigenvalue weighted by Crippen LogP contribution is -2.40. The van der Waals surface area contributed by atoms with Crippen molar-refractivity contribution < 1.29 is 24.2 Å². The average Bonchev–Trinajstić information content (AvgIpc) is 2.54. The van der Waals surface area contributed by atoms with Crippen molar-refractivity contribution in [2.75, 3.05) is 24.7 Å². The number of benzene rings is 1. The Morgan fingerprint density at radius 2 is 2.05 bits per heavy atom. The van der Waals surface area contributed by atoms with E-state index in [4.69, 9.17) is 9.47 Å². The molecule has 2 aliphatic rings. The van der Waals surface area contributed by atoms with Gasteiger partial charge in [-0.1, -0.05) is 18.2 Å². The number of hydrogen-bond acceptors (Lipinski definition) is 4. The lowest BCUT2D eigenvalue weighted by molar-refractivity contribution is -0.139. The number of aliphatic carboxylic acids is 1. The predicted octanol–water partition coefficient (Wildman–Crippen LogP) is 1.48. The van der Waals surface area contributed by atoms with Gasteiger partial charge < -0.3 is 19.5 Å². The van der Waals surface area contributed by atoms with Crippen molar-refractivity contribution in [1.82, 2.24) is 0 Å². The molecule has 110 valence electrons. The number of carboxylic acid groups (broad SMARTS) is 1. The molecule has 0 aliphatic carbocycles. The molecule has 0 fully saturated rings. The van der Waals surface area contributed by atoms with E-state index in [-0.39, 0.29) is 11.7 Å². The Kier molecular flexibility index (Phi) is 3.51. The molecular weight excluding hydrogens is 274 g/mol. The van der Waals surface area contributed by atoms with E-state index in [1.807, 2.05) is 0 Å². The summed E-state index contributed by atoms with van der Waals surface area (Å²) in [6, 6.07) is 7.07. The van der Waals surface area contributed by atoms with Gasteiger partial charge in [0.2, 0.25) is 5.76 Å². The molecule has 1 amide bonds. The van der Waals surface area contributed by atoms with Gasteiger partial charge in [-0.25, -0.2) is 0 Å². The summed E-state index contributed by atoms with van der Waals surface area (Å²) in [4.78, 5) is 25.4. The van der Waals surface area contributed by atoms with Crippen LogP contribution >= 0.6 is 0 Å². The first kappa shape index (κ1) is 13.5. The number of ether oxygens (including phenoxy) is 2. The molecule has 0 spiro atoms. The molecule has 2 aliphatic heterocycles. The van der Waals surface area contributed by atoms with Gasteiger partial charge in [0.25, 0.3) is 5.91 Å². The van der Waals surface area contributed by atoms with Crippen LogP contribution in [0.1, 0.15) is 17.9 Å². The summed E-state index contributed by atoms with van der Waals surface area (Å²) < 4.78 is 10.4. The summed E-state index contributed by atoms with van der Waals surface area (Å²) in [6.45, 7) is 1.10. The molecule has 1 aromatic rings. The van der Waals surface area contributed by atoms with E-state index >= 15 is 0 Å². The maximum absolute atomic E-state index is 12.5. The summed E-state index contributed by atoms with van der Waals surface area (Å²) in [5, 5.41) is 9.30. The highest BCUT2D eigenvalue weighted by molar-refractivity contribution is 6.05. The summed E-state index contributed by atoms with van der Waals surface area (Å²) in [6.07, 6.45) is 1.70. The highest BCUT2D eigenvalue weighted by Gasteiger charge is 2.34. The van der Waals surface area contributed by atoms with Crippen LogP contribution in [0.25, 0.3) is 0 Å². The Bertz CT molecular complexity index is 610. The van der Waals surface area contributed by atoms with Crippen LogP contribution in [0.15, 0.2) is 36.3 Å². The van der Waals surface area contributed by atoms with E-state index in [9.17, 15) is 14.7 Å².